The molecular formula is C22H34O2. The Morgan fingerprint density at radius 3 is 2.46 bits per heavy atom. The van der Waals surface area contributed by atoms with Crippen LogP contribution in [0.3, 0.4) is 0 Å². The standard InChI is InChI=1S/C22H34O2/c1-14(2)20-13-18(24)9-11-22(20,5)17-8-10-21(4)16(12-17)6-7-19(21)15(3)23/h13-14,16-17,19H,6-12H2,1-5H3/t16-,17-,19+,21-,22+/m0/s1. The van der Waals surface area contributed by atoms with E-state index < -0.39 is 0 Å². The number of hydrogen-bond donors (Lipinski definition) is 0. The molecular weight excluding hydrogens is 296 g/mol. The van der Waals surface area contributed by atoms with Gasteiger partial charge in [-0.25, -0.2) is 0 Å². The van der Waals surface area contributed by atoms with E-state index in [9.17, 15) is 9.59 Å². The first-order valence-corrected chi connectivity index (χ1v) is 9.94. The number of carbonyl (C=O) groups is 2. The van der Waals surface area contributed by atoms with Crippen LogP contribution in [-0.2, 0) is 9.59 Å². The van der Waals surface area contributed by atoms with Gasteiger partial charge in [0.2, 0.25) is 0 Å². The molecule has 2 fully saturated rings. The van der Waals surface area contributed by atoms with Gasteiger partial charge in [-0.2, -0.15) is 0 Å². The highest BCUT2D eigenvalue weighted by Crippen LogP contribution is 2.61. The fraction of sp³-hybridized carbons (Fsp3) is 0.818. The second-order valence-electron chi connectivity index (χ2n) is 9.55. The minimum atomic E-state index is 0.178. The summed E-state index contributed by atoms with van der Waals surface area (Å²) < 4.78 is 0. The molecule has 0 amide bonds. The van der Waals surface area contributed by atoms with Crippen molar-refractivity contribution in [2.24, 2.45) is 34.5 Å². The second-order valence-corrected chi connectivity index (χ2v) is 9.55. The minimum absolute atomic E-state index is 0.178. The Morgan fingerprint density at radius 2 is 1.83 bits per heavy atom. The molecule has 0 aromatic heterocycles. The highest BCUT2D eigenvalue weighted by Gasteiger charge is 2.54. The number of Topliss-reactive ketones (excluding diaryl/α,β-unsaturated/α-hetero) is 1. The molecule has 0 aliphatic heterocycles. The lowest BCUT2D eigenvalue weighted by Crippen LogP contribution is -2.43. The number of fused-ring (bicyclic) bond motifs is 1. The van der Waals surface area contributed by atoms with Crippen molar-refractivity contribution in [3.05, 3.63) is 11.6 Å². The molecule has 5 atom stereocenters. The molecule has 3 rings (SSSR count). The van der Waals surface area contributed by atoms with Crippen LogP contribution in [0.25, 0.3) is 0 Å². The van der Waals surface area contributed by atoms with E-state index in [0.29, 0.717) is 35.7 Å². The monoisotopic (exact) mass is 330 g/mol. The summed E-state index contributed by atoms with van der Waals surface area (Å²) in [6.45, 7) is 11.0. The van der Waals surface area contributed by atoms with Crippen molar-refractivity contribution in [1.82, 2.24) is 0 Å². The lowest BCUT2D eigenvalue weighted by molar-refractivity contribution is -0.126. The molecule has 0 spiro atoms. The first-order valence-electron chi connectivity index (χ1n) is 9.94. The molecule has 2 saturated carbocycles. The van der Waals surface area contributed by atoms with E-state index in [4.69, 9.17) is 0 Å². The molecule has 0 bridgehead atoms. The van der Waals surface area contributed by atoms with Crippen LogP contribution >= 0.6 is 0 Å². The number of ketones is 2. The maximum atomic E-state index is 12.1. The van der Waals surface area contributed by atoms with E-state index in [2.05, 4.69) is 27.7 Å². The molecule has 0 saturated heterocycles. The van der Waals surface area contributed by atoms with Crippen molar-refractivity contribution in [3.63, 3.8) is 0 Å². The van der Waals surface area contributed by atoms with Gasteiger partial charge in [-0.1, -0.05) is 33.3 Å². The largest absolute Gasteiger partial charge is 0.300 e. The van der Waals surface area contributed by atoms with Crippen LogP contribution in [0, 0.1) is 34.5 Å². The van der Waals surface area contributed by atoms with Gasteiger partial charge in [-0.15, -0.1) is 0 Å². The van der Waals surface area contributed by atoms with E-state index in [1.807, 2.05) is 6.08 Å². The third-order valence-corrected chi connectivity index (χ3v) is 8.01. The van der Waals surface area contributed by atoms with E-state index >= 15 is 0 Å². The van der Waals surface area contributed by atoms with E-state index in [1.165, 1.54) is 31.3 Å². The average molecular weight is 331 g/mol. The Morgan fingerprint density at radius 1 is 1.12 bits per heavy atom. The van der Waals surface area contributed by atoms with Gasteiger partial charge in [-0.3, -0.25) is 9.59 Å². The summed E-state index contributed by atoms with van der Waals surface area (Å²) in [7, 11) is 0. The second kappa shape index (κ2) is 6.11. The normalized spacial score (nSPS) is 42.8. The summed E-state index contributed by atoms with van der Waals surface area (Å²) in [4.78, 5) is 24.1. The van der Waals surface area contributed by atoms with Crippen molar-refractivity contribution in [2.75, 3.05) is 0 Å². The Hall–Kier alpha value is -0.920. The van der Waals surface area contributed by atoms with Crippen LogP contribution in [0.4, 0.5) is 0 Å². The number of allylic oxidation sites excluding steroid dienone is 2. The zero-order valence-electron chi connectivity index (χ0n) is 16.2. The minimum Gasteiger partial charge on any atom is -0.300 e. The Balaban J connectivity index is 1.84. The Bertz CT molecular complexity index is 573. The number of rotatable bonds is 3. The third-order valence-electron chi connectivity index (χ3n) is 8.01. The van der Waals surface area contributed by atoms with Crippen LogP contribution in [-0.4, -0.2) is 11.6 Å². The predicted molar refractivity (Wildman–Crippen MR) is 97.6 cm³/mol. The highest BCUT2D eigenvalue weighted by molar-refractivity contribution is 5.91. The average Bonchev–Trinajstić information content (AvgIpc) is 2.85. The van der Waals surface area contributed by atoms with Crippen LogP contribution in [0.1, 0.15) is 79.6 Å². The Kier molecular flexibility index (Phi) is 4.55. The molecule has 2 nitrogen and oxygen atoms in total. The van der Waals surface area contributed by atoms with E-state index in [-0.39, 0.29) is 16.7 Å². The molecule has 0 radical (unpaired) electrons. The van der Waals surface area contributed by atoms with Gasteiger partial charge < -0.3 is 0 Å². The van der Waals surface area contributed by atoms with Gasteiger partial charge in [0.05, 0.1) is 0 Å². The fourth-order valence-corrected chi connectivity index (χ4v) is 6.47. The quantitative estimate of drug-likeness (QED) is 0.698. The number of hydrogen-bond acceptors (Lipinski definition) is 2. The molecule has 0 unspecified atom stereocenters. The number of carbonyl (C=O) groups excluding carboxylic acids is 2. The van der Waals surface area contributed by atoms with Gasteiger partial charge in [-0.05, 0) is 80.1 Å². The van der Waals surface area contributed by atoms with Crippen LogP contribution in [0.2, 0.25) is 0 Å². The Labute approximate surface area is 147 Å². The van der Waals surface area contributed by atoms with Crippen molar-refractivity contribution >= 4 is 11.6 Å². The molecule has 0 aromatic carbocycles. The van der Waals surface area contributed by atoms with Gasteiger partial charge in [0.25, 0.3) is 0 Å². The third kappa shape index (κ3) is 2.70. The summed E-state index contributed by atoms with van der Waals surface area (Å²) in [6, 6.07) is 0. The summed E-state index contributed by atoms with van der Waals surface area (Å²) in [6.07, 6.45) is 9.64. The fourth-order valence-electron chi connectivity index (χ4n) is 6.47. The molecule has 3 aliphatic carbocycles. The summed E-state index contributed by atoms with van der Waals surface area (Å²) in [5.41, 5.74) is 1.79. The summed E-state index contributed by atoms with van der Waals surface area (Å²) >= 11 is 0. The lowest BCUT2D eigenvalue weighted by atomic mass is 9.53. The zero-order valence-corrected chi connectivity index (χ0v) is 16.2. The highest BCUT2D eigenvalue weighted by atomic mass is 16.1. The molecule has 24 heavy (non-hydrogen) atoms. The SMILES string of the molecule is CC(=O)[C@H]1CC[C@H]2C[C@@H]([C@@]3(C)CCC(=O)C=C3C(C)C)CC[C@@]21C. The molecule has 134 valence electrons. The predicted octanol–water partition coefficient (Wildman–Crippen LogP) is 5.36. The smallest absolute Gasteiger partial charge is 0.155 e. The molecule has 0 aromatic rings. The molecule has 0 N–H and O–H groups in total. The zero-order chi connectivity index (χ0) is 17.7. The van der Waals surface area contributed by atoms with Crippen LogP contribution < -0.4 is 0 Å². The molecule has 2 heteroatoms. The van der Waals surface area contributed by atoms with Crippen molar-refractivity contribution in [3.8, 4) is 0 Å². The van der Waals surface area contributed by atoms with Gasteiger partial charge in [0, 0.05) is 12.3 Å². The van der Waals surface area contributed by atoms with Crippen molar-refractivity contribution in [1.29, 1.82) is 0 Å². The molecule has 3 aliphatic rings. The van der Waals surface area contributed by atoms with Gasteiger partial charge in [0.1, 0.15) is 5.78 Å². The first-order chi connectivity index (χ1) is 11.2. The van der Waals surface area contributed by atoms with Crippen molar-refractivity contribution in [2.45, 2.75) is 79.6 Å². The van der Waals surface area contributed by atoms with E-state index in [1.54, 1.807) is 6.92 Å². The first kappa shape index (κ1) is 17.9. The van der Waals surface area contributed by atoms with Gasteiger partial charge in [0.15, 0.2) is 5.78 Å². The summed E-state index contributed by atoms with van der Waals surface area (Å²) in [5, 5.41) is 0. The lowest BCUT2D eigenvalue weighted by Gasteiger charge is -2.51. The van der Waals surface area contributed by atoms with Crippen LogP contribution in [0.15, 0.2) is 11.6 Å². The van der Waals surface area contributed by atoms with Gasteiger partial charge >= 0.3 is 0 Å². The maximum Gasteiger partial charge on any atom is 0.155 e. The van der Waals surface area contributed by atoms with E-state index in [0.717, 1.165) is 12.8 Å². The maximum absolute atomic E-state index is 12.1. The van der Waals surface area contributed by atoms with Crippen molar-refractivity contribution < 1.29 is 9.59 Å². The summed E-state index contributed by atoms with van der Waals surface area (Å²) in [5.74, 6) is 2.80. The van der Waals surface area contributed by atoms with Crippen LogP contribution in [0.5, 0.6) is 0 Å². The molecule has 0 heterocycles. The topological polar surface area (TPSA) is 34.1 Å².